The number of nitrogens with one attached hydrogen (secondary N) is 2. The van der Waals surface area contributed by atoms with Gasteiger partial charge in [-0.25, -0.2) is 9.78 Å². The van der Waals surface area contributed by atoms with Gasteiger partial charge in [0.2, 0.25) is 0 Å². The molecule has 0 fully saturated rings. The molecule has 0 spiro atoms. The van der Waals surface area contributed by atoms with Crippen molar-refractivity contribution in [2.75, 3.05) is 11.9 Å². The first kappa shape index (κ1) is 16.5. The molecule has 1 aromatic heterocycles. The molecular formula is C11H10KN3O3S. The Morgan fingerprint density at radius 3 is 2.79 bits per heavy atom. The van der Waals surface area contributed by atoms with E-state index in [1.165, 1.54) is 11.3 Å². The van der Waals surface area contributed by atoms with Crippen molar-refractivity contribution in [3.8, 4) is 0 Å². The third kappa shape index (κ3) is 4.51. The number of hydrogen-bond donors (Lipinski definition) is 2. The van der Waals surface area contributed by atoms with Crippen LogP contribution in [0.3, 0.4) is 0 Å². The number of carbonyl (C=O) groups excluding carboxylic acids is 2. The number of anilines is 1. The standard InChI is InChI=1S/C11H11N3O3S.K/c1-6-3-2-4-7-9(6)13-11(18-7)14-10(17)12-5-8(15)16;/h2-4H,5H2,1H3,(H,15,16)(H2,12,13,14,17);/q;+1/p-1. The van der Waals surface area contributed by atoms with Crippen LogP contribution in [0.4, 0.5) is 9.93 Å². The molecule has 0 radical (unpaired) electrons. The fourth-order valence-corrected chi connectivity index (χ4v) is 2.37. The number of fused-ring (bicyclic) bond motifs is 1. The molecule has 0 atom stereocenters. The van der Waals surface area contributed by atoms with E-state index in [1.54, 1.807) is 0 Å². The molecule has 1 heterocycles. The van der Waals surface area contributed by atoms with Gasteiger partial charge in [0.1, 0.15) is 0 Å². The third-order valence-electron chi connectivity index (χ3n) is 2.23. The number of aryl methyl sites for hydroxylation is 1. The van der Waals surface area contributed by atoms with Gasteiger partial charge in [-0.2, -0.15) is 0 Å². The average molecular weight is 303 g/mol. The Kier molecular flexibility index (Phi) is 6.37. The Bertz CT molecular complexity index is 614. The van der Waals surface area contributed by atoms with Crippen molar-refractivity contribution < 1.29 is 66.1 Å². The maximum Gasteiger partial charge on any atom is 1.00 e. The van der Waals surface area contributed by atoms with Gasteiger partial charge in [0.25, 0.3) is 0 Å². The largest absolute Gasteiger partial charge is 1.00 e. The molecule has 0 aliphatic carbocycles. The van der Waals surface area contributed by atoms with Crippen molar-refractivity contribution in [2.24, 2.45) is 0 Å². The van der Waals surface area contributed by atoms with Gasteiger partial charge in [-0.1, -0.05) is 23.5 Å². The number of urea groups is 1. The van der Waals surface area contributed by atoms with E-state index in [0.717, 1.165) is 15.8 Å². The Morgan fingerprint density at radius 1 is 1.42 bits per heavy atom. The molecular weight excluding hydrogens is 293 g/mol. The molecule has 1 aromatic carbocycles. The quantitative estimate of drug-likeness (QED) is 0.612. The van der Waals surface area contributed by atoms with Crippen LogP contribution in [0.1, 0.15) is 5.56 Å². The van der Waals surface area contributed by atoms with Crippen molar-refractivity contribution in [3.05, 3.63) is 23.8 Å². The topological polar surface area (TPSA) is 94.2 Å². The second-order valence-corrected chi connectivity index (χ2v) is 4.65. The summed E-state index contributed by atoms with van der Waals surface area (Å²) >= 11 is 1.33. The fourth-order valence-electron chi connectivity index (χ4n) is 1.43. The first-order valence-electron chi connectivity index (χ1n) is 5.17. The fraction of sp³-hybridized carbons (Fsp3) is 0.182. The van der Waals surface area contributed by atoms with E-state index in [2.05, 4.69) is 15.6 Å². The van der Waals surface area contributed by atoms with Crippen LogP contribution in [0.15, 0.2) is 18.2 Å². The van der Waals surface area contributed by atoms with Crippen LogP contribution in [0.2, 0.25) is 0 Å². The van der Waals surface area contributed by atoms with Gasteiger partial charge >= 0.3 is 57.4 Å². The van der Waals surface area contributed by atoms with Crippen molar-refractivity contribution in [1.82, 2.24) is 10.3 Å². The number of aromatic nitrogens is 1. The predicted octanol–water partition coefficient (Wildman–Crippen LogP) is -2.52. The second kappa shape index (κ2) is 7.32. The van der Waals surface area contributed by atoms with Crippen LogP contribution in [0.5, 0.6) is 0 Å². The van der Waals surface area contributed by atoms with E-state index in [9.17, 15) is 14.7 Å². The van der Waals surface area contributed by atoms with Gasteiger partial charge in [0.05, 0.1) is 22.7 Å². The molecule has 0 aliphatic heterocycles. The van der Waals surface area contributed by atoms with Gasteiger partial charge < -0.3 is 15.2 Å². The summed E-state index contributed by atoms with van der Waals surface area (Å²) in [6, 6.07) is 5.14. The molecule has 94 valence electrons. The number of amides is 2. The normalized spacial score (nSPS) is 9.74. The van der Waals surface area contributed by atoms with Crippen LogP contribution in [0, 0.1) is 6.92 Å². The van der Waals surface area contributed by atoms with E-state index in [0.29, 0.717) is 5.13 Å². The van der Waals surface area contributed by atoms with Crippen LogP contribution >= 0.6 is 11.3 Å². The molecule has 2 amide bonds. The van der Waals surface area contributed by atoms with Gasteiger partial charge in [-0.3, -0.25) is 5.32 Å². The number of nitrogens with zero attached hydrogens (tertiary/aromatic N) is 1. The van der Waals surface area contributed by atoms with Crippen LogP contribution < -0.4 is 67.1 Å². The summed E-state index contributed by atoms with van der Waals surface area (Å²) < 4.78 is 0.963. The van der Waals surface area contributed by atoms with E-state index < -0.39 is 18.5 Å². The summed E-state index contributed by atoms with van der Waals surface area (Å²) in [4.78, 5) is 25.8. The van der Waals surface area contributed by atoms with Crippen molar-refractivity contribution >= 4 is 38.7 Å². The zero-order valence-electron chi connectivity index (χ0n) is 10.5. The molecule has 6 nitrogen and oxygen atoms in total. The van der Waals surface area contributed by atoms with Gasteiger partial charge in [0, 0.05) is 0 Å². The van der Waals surface area contributed by atoms with E-state index >= 15 is 0 Å². The van der Waals surface area contributed by atoms with Gasteiger partial charge in [-0.15, -0.1) is 0 Å². The summed E-state index contributed by atoms with van der Waals surface area (Å²) in [6.07, 6.45) is 0. The van der Waals surface area contributed by atoms with E-state index in [4.69, 9.17) is 0 Å². The van der Waals surface area contributed by atoms with Crippen LogP contribution in [0.25, 0.3) is 10.2 Å². The molecule has 8 heteroatoms. The number of para-hydroxylation sites is 1. The zero-order chi connectivity index (χ0) is 13.1. The molecule has 0 unspecified atom stereocenters. The molecule has 0 aliphatic rings. The van der Waals surface area contributed by atoms with Crippen molar-refractivity contribution in [2.45, 2.75) is 6.92 Å². The Labute approximate surface area is 156 Å². The van der Waals surface area contributed by atoms with E-state index in [-0.39, 0.29) is 51.4 Å². The minimum atomic E-state index is -1.34. The molecule has 2 N–H and O–H groups in total. The third-order valence-corrected chi connectivity index (χ3v) is 3.17. The molecule has 19 heavy (non-hydrogen) atoms. The van der Waals surface area contributed by atoms with Crippen molar-refractivity contribution in [1.29, 1.82) is 0 Å². The molecule has 0 saturated heterocycles. The summed E-state index contributed by atoms with van der Waals surface area (Å²) in [7, 11) is 0. The summed E-state index contributed by atoms with van der Waals surface area (Å²) in [5, 5.41) is 15.2. The Balaban J connectivity index is 0.00000180. The molecule has 2 rings (SSSR count). The number of benzene rings is 1. The average Bonchev–Trinajstić information content (AvgIpc) is 2.70. The summed E-state index contributed by atoms with van der Waals surface area (Å²) in [5.41, 5.74) is 1.85. The predicted molar refractivity (Wildman–Crippen MR) is 66.4 cm³/mol. The molecule has 2 aromatic rings. The van der Waals surface area contributed by atoms with Gasteiger partial charge in [-0.05, 0) is 18.6 Å². The summed E-state index contributed by atoms with van der Waals surface area (Å²) in [5.74, 6) is -1.34. The summed E-state index contributed by atoms with van der Waals surface area (Å²) in [6.45, 7) is 1.40. The Hall–Kier alpha value is -0.514. The second-order valence-electron chi connectivity index (χ2n) is 3.62. The first-order valence-corrected chi connectivity index (χ1v) is 5.99. The van der Waals surface area contributed by atoms with Gasteiger partial charge in [0.15, 0.2) is 5.13 Å². The number of hydrogen-bond acceptors (Lipinski definition) is 5. The van der Waals surface area contributed by atoms with Crippen molar-refractivity contribution in [3.63, 3.8) is 0 Å². The molecule has 0 bridgehead atoms. The smallest absolute Gasteiger partial charge is 0.548 e. The first-order chi connectivity index (χ1) is 8.56. The number of carboxylic acids is 1. The minimum Gasteiger partial charge on any atom is -0.548 e. The maximum absolute atomic E-state index is 11.3. The zero-order valence-corrected chi connectivity index (χ0v) is 14.5. The van der Waals surface area contributed by atoms with Crippen LogP contribution in [-0.4, -0.2) is 23.5 Å². The number of rotatable bonds is 3. The Morgan fingerprint density at radius 2 is 2.16 bits per heavy atom. The van der Waals surface area contributed by atoms with E-state index in [1.807, 2.05) is 25.1 Å². The monoisotopic (exact) mass is 303 g/mol. The number of carbonyl (C=O) groups is 2. The number of thiazole rings is 1. The SMILES string of the molecule is Cc1cccc2sc(NC(=O)NCC(=O)[O-])nc12.[K+]. The number of aliphatic carboxylic acids is 1. The minimum absolute atomic E-state index is 0. The van der Waals surface area contributed by atoms with Crippen LogP contribution in [-0.2, 0) is 4.79 Å². The maximum atomic E-state index is 11.3. The number of carboxylic acid groups (broad SMARTS) is 1. The molecule has 0 saturated carbocycles.